The van der Waals surface area contributed by atoms with Crippen molar-refractivity contribution in [3.8, 4) is 0 Å². The standard InChI is InChI=1S/C10H19NOS/c1-8-2-4-13-5-3-11(8)10-6-9(10)7-12/h8-10,12H,2-7H2,1H3. The van der Waals surface area contributed by atoms with E-state index < -0.39 is 0 Å². The highest BCUT2D eigenvalue weighted by Crippen LogP contribution is 2.37. The Balaban J connectivity index is 1.89. The second kappa shape index (κ2) is 4.20. The molecule has 0 bridgehead atoms. The fourth-order valence-corrected chi connectivity index (χ4v) is 3.29. The van der Waals surface area contributed by atoms with Crippen molar-refractivity contribution < 1.29 is 5.11 Å². The largest absolute Gasteiger partial charge is 0.396 e. The molecule has 3 atom stereocenters. The van der Waals surface area contributed by atoms with Crippen LogP contribution in [0.4, 0.5) is 0 Å². The van der Waals surface area contributed by atoms with Crippen LogP contribution in [0, 0.1) is 5.92 Å². The van der Waals surface area contributed by atoms with Gasteiger partial charge < -0.3 is 5.11 Å². The third-order valence-corrected chi connectivity index (χ3v) is 4.28. The molecule has 0 spiro atoms. The molecule has 1 aliphatic heterocycles. The van der Waals surface area contributed by atoms with E-state index in [0.29, 0.717) is 18.6 Å². The van der Waals surface area contributed by atoms with E-state index in [2.05, 4.69) is 23.6 Å². The molecular formula is C10H19NOS. The van der Waals surface area contributed by atoms with E-state index in [-0.39, 0.29) is 0 Å². The molecule has 1 N–H and O–H groups in total. The lowest BCUT2D eigenvalue weighted by molar-refractivity contribution is 0.181. The average molecular weight is 201 g/mol. The third-order valence-electron chi connectivity index (χ3n) is 3.29. The maximum atomic E-state index is 9.03. The van der Waals surface area contributed by atoms with Crippen LogP contribution < -0.4 is 0 Å². The highest BCUT2D eigenvalue weighted by atomic mass is 32.2. The van der Waals surface area contributed by atoms with Gasteiger partial charge >= 0.3 is 0 Å². The lowest BCUT2D eigenvalue weighted by Gasteiger charge is -2.26. The number of aliphatic hydroxyl groups excluding tert-OH is 1. The number of nitrogens with zero attached hydrogens (tertiary/aromatic N) is 1. The number of aliphatic hydroxyl groups is 1. The van der Waals surface area contributed by atoms with Crippen LogP contribution in [0.3, 0.4) is 0 Å². The summed E-state index contributed by atoms with van der Waals surface area (Å²) in [6, 6.07) is 1.44. The molecule has 0 aromatic heterocycles. The number of hydrogen-bond donors (Lipinski definition) is 1. The molecule has 2 rings (SSSR count). The zero-order chi connectivity index (χ0) is 9.26. The topological polar surface area (TPSA) is 23.5 Å². The molecule has 0 aromatic rings. The number of thioether (sulfide) groups is 1. The minimum atomic E-state index is 0.390. The summed E-state index contributed by atoms with van der Waals surface area (Å²) < 4.78 is 0. The van der Waals surface area contributed by atoms with Crippen molar-refractivity contribution in [2.45, 2.75) is 31.8 Å². The number of rotatable bonds is 2. The van der Waals surface area contributed by atoms with Gasteiger partial charge in [-0.3, -0.25) is 4.90 Å². The van der Waals surface area contributed by atoms with Crippen molar-refractivity contribution in [3.05, 3.63) is 0 Å². The van der Waals surface area contributed by atoms with Crippen LogP contribution in [0.2, 0.25) is 0 Å². The Kier molecular flexibility index (Phi) is 3.17. The first-order valence-electron chi connectivity index (χ1n) is 5.27. The quantitative estimate of drug-likeness (QED) is 0.726. The first-order chi connectivity index (χ1) is 6.33. The van der Waals surface area contributed by atoms with Crippen LogP contribution in [0.25, 0.3) is 0 Å². The van der Waals surface area contributed by atoms with E-state index in [9.17, 15) is 0 Å². The average Bonchev–Trinajstić information content (AvgIpc) is 2.88. The van der Waals surface area contributed by atoms with Crippen LogP contribution in [-0.2, 0) is 0 Å². The van der Waals surface area contributed by atoms with Crippen molar-refractivity contribution in [1.29, 1.82) is 0 Å². The van der Waals surface area contributed by atoms with Gasteiger partial charge in [0.05, 0.1) is 0 Å². The van der Waals surface area contributed by atoms with Crippen LogP contribution in [0.5, 0.6) is 0 Å². The van der Waals surface area contributed by atoms with E-state index >= 15 is 0 Å². The van der Waals surface area contributed by atoms with Crippen molar-refractivity contribution in [3.63, 3.8) is 0 Å². The molecule has 0 radical (unpaired) electrons. The van der Waals surface area contributed by atoms with Crippen LogP contribution in [0.1, 0.15) is 19.8 Å². The fourth-order valence-electron chi connectivity index (χ4n) is 2.24. The minimum Gasteiger partial charge on any atom is -0.396 e. The smallest absolute Gasteiger partial charge is 0.0474 e. The molecule has 2 fully saturated rings. The van der Waals surface area contributed by atoms with E-state index in [1.54, 1.807) is 0 Å². The Morgan fingerprint density at radius 2 is 2.31 bits per heavy atom. The van der Waals surface area contributed by atoms with Gasteiger partial charge in [0.25, 0.3) is 0 Å². The molecule has 1 saturated carbocycles. The lowest BCUT2D eigenvalue weighted by atomic mass is 10.2. The summed E-state index contributed by atoms with van der Waals surface area (Å²) in [4.78, 5) is 2.61. The van der Waals surface area contributed by atoms with Gasteiger partial charge in [0.1, 0.15) is 0 Å². The molecular weight excluding hydrogens is 182 g/mol. The van der Waals surface area contributed by atoms with Crippen molar-refractivity contribution in [2.75, 3.05) is 24.7 Å². The molecule has 2 aliphatic rings. The molecule has 76 valence electrons. The summed E-state index contributed by atoms with van der Waals surface area (Å²) in [6.07, 6.45) is 2.55. The van der Waals surface area contributed by atoms with Crippen LogP contribution >= 0.6 is 11.8 Å². The Morgan fingerprint density at radius 3 is 3.00 bits per heavy atom. The molecule has 0 aromatic carbocycles. The second-order valence-corrected chi connectivity index (χ2v) is 5.46. The summed E-state index contributed by atoms with van der Waals surface area (Å²) in [5.41, 5.74) is 0. The molecule has 1 heterocycles. The second-order valence-electron chi connectivity index (χ2n) is 4.23. The van der Waals surface area contributed by atoms with Gasteiger partial charge in [-0.15, -0.1) is 0 Å². The summed E-state index contributed by atoms with van der Waals surface area (Å²) >= 11 is 2.07. The Morgan fingerprint density at radius 1 is 1.46 bits per heavy atom. The zero-order valence-electron chi connectivity index (χ0n) is 8.28. The minimum absolute atomic E-state index is 0.390. The van der Waals surface area contributed by atoms with Gasteiger partial charge in [-0.1, -0.05) is 0 Å². The van der Waals surface area contributed by atoms with Crippen molar-refractivity contribution >= 4 is 11.8 Å². The monoisotopic (exact) mass is 201 g/mol. The number of hydrogen-bond acceptors (Lipinski definition) is 3. The molecule has 1 aliphatic carbocycles. The van der Waals surface area contributed by atoms with Gasteiger partial charge in [0.2, 0.25) is 0 Å². The summed E-state index contributed by atoms with van der Waals surface area (Å²) in [6.45, 7) is 3.95. The Bertz CT molecular complexity index is 176. The highest BCUT2D eigenvalue weighted by Gasteiger charge is 2.42. The third kappa shape index (κ3) is 2.20. The predicted molar refractivity (Wildman–Crippen MR) is 57.1 cm³/mol. The van der Waals surface area contributed by atoms with Crippen LogP contribution in [0.15, 0.2) is 0 Å². The van der Waals surface area contributed by atoms with E-state index in [4.69, 9.17) is 5.11 Å². The summed E-state index contributed by atoms with van der Waals surface area (Å²) in [5.74, 6) is 3.18. The summed E-state index contributed by atoms with van der Waals surface area (Å²) in [7, 11) is 0. The molecule has 3 heteroatoms. The zero-order valence-corrected chi connectivity index (χ0v) is 9.09. The highest BCUT2D eigenvalue weighted by molar-refractivity contribution is 7.99. The molecule has 13 heavy (non-hydrogen) atoms. The molecule has 2 nitrogen and oxygen atoms in total. The van der Waals surface area contributed by atoms with E-state index in [1.165, 1.54) is 30.9 Å². The first kappa shape index (κ1) is 9.81. The Labute approximate surface area is 84.7 Å². The molecule has 3 unspecified atom stereocenters. The van der Waals surface area contributed by atoms with Gasteiger partial charge in [0, 0.05) is 31.0 Å². The van der Waals surface area contributed by atoms with Crippen LogP contribution in [-0.4, -0.2) is 46.7 Å². The normalized spacial score (nSPS) is 41.5. The maximum absolute atomic E-state index is 9.03. The maximum Gasteiger partial charge on any atom is 0.0474 e. The van der Waals surface area contributed by atoms with Gasteiger partial charge in [-0.2, -0.15) is 11.8 Å². The first-order valence-corrected chi connectivity index (χ1v) is 6.42. The molecule has 0 amide bonds. The molecule has 1 saturated heterocycles. The van der Waals surface area contributed by atoms with Gasteiger partial charge in [0.15, 0.2) is 0 Å². The Hall–Kier alpha value is 0.270. The fraction of sp³-hybridized carbons (Fsp3) is 1.00. The van der Waals surface area contributed by atoms with Crippen molar-refractivity contribution in [1.82, 2.24) is 4.90 Å². The van der Waals surface area contributed by atoms with E-state index in [1.807, 2.05) is 0 Å². The van der Waals surface area contributed by atoms with Crippen molar-refractivity contribution in [2.24, 2.45) is 5.92 Å². The van der Waals surface area contributed by atoms with E-state index in [0.717, 1.165) is 6.04 Å². The SMILES string of the molecule is CC1CCSCCN1C1CC1CO. The lowest BCUT2D eigenvalue weighted by Crippen LogP contribution is -2.36. The van der Waals surface area contributed by atoms with Gasteiger partial charge in [-0.05, 0) is 31.4 Å². The summed E-state index contributed by atoms with van der Waals surface area (Å²) in [5, 5.41) is 9.03. The predicted octanol–water partition coefficient (Wildman–Crippen LogP) is 1.19. The van der Waals surface area contributed by atoms with Gasteiger partial charge in [-0.25, -0.2) is 0 Å².